The van der Waals surface area contributed by atoms with Crippen LogP contribution in [0.2, 0.25) is 0 Å². The highest BCUT2D eigenvalue weighted by Crippen LogP contribution is 2.35. The number of aliphatic carboxylic acids is 1. The lowest BCUT2D eigenvalue weighted by molar-refractivity contribution is -0.138. The fourth-order valence-electron chi connectivity index (χ4n) is 6.47. The maximum atomic E-state index is 13.3. The molecule has 1 saturated heterocycles. The number of amides is 1. The van der Waals surface area contributed by atoms with Gasteiger partial charge in [-0.25, -0.2) is 4.98 Å². The van der Waals surface area contributed by atoms with Gasteiger partial charge in [-0.15, -0.1) is 12.4 Å². The van der Waals surface area contributed by atoms with Gasteiger partial charge in [-0.05, 0) is 93.1 Å². The normalized spacial score (nSPS) is 20.4. The number of carboxylic acids is 1. The number of halogens is 1. The van der Waals surface area contributed by atoms with Gasteiger partial charge in [-0.1, -0.05) is 43.2 Å². The van der Waals surface area contributed by atoms with Crippen molar-refractivity contribution in [3.05, 3.63) is 58.8 Å². The number of pyridine rings is 1. The van der Waals surface area contributed by atoms with Crippen molar-refractivity contribution in [2.75, 3.05) is 31.5 Å². The Balaban J connectivity index is 0.00000353. The van der Waals surface area contributed by atoms with Gasteiger partial charge in [0.05, 0.1) is 18.4 Å². The van der Waals surface area contributed by atoms with E-state index in [9.17, 15) is 14.7 Å². The molecule has 2 aliphatic heterocycles. The number of fused-ring (bicyclic) bond motifs is 1. The summed E-state index contributed by atoms with van der Waals surface area (Å²) in [4.78, 5) is 32.2. The molecule has 2 fully saturated rings. The monoisotopic (exact) mass is 554 g/mol. The van der Waals surface area contributed by atoms with Gasteiger partial charge in [0, 0.05) is 18.8 Å². The van der Waals surface area contributed by atoms with E-state index in [1.54, 1.807) is 0 Å². The van der Waals surface area contributed by atoms with Crippen LogP contribution in [-0.2, 0) is 22.4 Å². The number of nitrogens with zero attached hydrogens (tertiary/aromatic N) is 2. The summed E-state index contributed by atoms with van der Waals surface area (Å²) in [7, 11) is 0. The van der Waals surface area contributed by atoms with Gasteiger partial charge >= 0.3 is 5.97 Å². The van der Waals surface area contributed by atoms with E-state index in [1.807, 2.05) is 12.1 Å². The Morgan fingerprint density at radius 3 is 2.77 bits per heavy atom. The number of aromatic nitrogens is 1. The fraction of sp³-hybridized carbons (Fsp3) is 0.581. The molecule has 39 heavy (non-hydrogen) atoms. The second kappa shape index (κ2) is 14.1. The Kier molecular flexibility index (Phi) is 10.6. The second-order valence-corrected chi connectivity index (χ2v) is 11.4. The van der Waals surface area contributed by atoms with Gasteiger partial charge in [0.25, 0.3) is 0 Å². The van der Waals surface area contributed by atoms with Crippen LogP contribution in [0.15, 0.2) is 36.4 Å². The first kappa shape index (κ1) is 29.3. The van der Waals surface area contributed by atoms with Gasteiger partial charge in [-0.3, -0.25) is 9.59 Å². The summed E-state index contributed by atoms with van der Waals surface area (Å²) < 4.78 is 0. The first-order chi connectivity index (χ1) is 18.5. The highest BCUT2D eigenvalue weighted by atomic mass is 35.5. The molecule has 8 heteroatoms. The minimum Gasteiger partial charge on any atom is -0.481 e. The summed E-state index contributed by atoms with van der Waals surface area (Å²) in [6.45, 7) is 3.68. The molecule has 2 atom stereocenters. The zero-order chi connectivity index (χ0) is 26.3. The highest BCUT2D eigenvalue weighted by Gasteiger charge is 2.29. The van der Waals surface area contributed by atoms with Crippen LogP contribution in [0, 0.1) is 5.92 Å². The minimum atomic E-state index is -0.891. The Labute approximate surface area is 238 Å². The van der Waals surface area contributed by atoms with Crippen LogP contribution in [0.5, 0.6) is 0 Å². The predicted octanol–water partition coefficient (Wildman–Crippen LogP) is 5.50. The number of anilines is 1. The van der Waals surface area contributed by atoms with E-state index < -0.39 is 12.0 Å². The number of carbonyl (C=O) groups excluding carboxylic acids is 1. The molecule has 1 amide bonds. The molecule has 1 aromatic carbocycles. The molecule has 1 aliphatic carbocycles. The van der Waals surface area contributed by atoms with Crippen molar-refractivity contribution in [2.45, 2.75) is 82.6 Å². The average molecular weight is 555 g/mol. The maximum Gasteiger partial charge on any atom is 0.305 e. The van der Waals surface area contributed by atoms with Gasteiger partial charge in [0.15, 0.2) is 0 Å². The molecule has 212 valence electrons. The Bertz CT molecular complexity index is 1120. The molecule has 5 rings (SSSR count). The van der Waals surface area contributed by atoms with Crippen LogP contribution in [0.25, 0.3) is 0 Å². The number of hydrogen-bond acceptors (Lipinski definition) is 5. The number of piperidine rings is 1. The lowest BCUT2D eigenvalue weighted by Crippen LogP contribution is -2.44. The molecule has 3 aliphatic rings. The summed E-state index contributed by atoms with van der Waals surface area (Å²) >= 11 is 0. The summed E-state index contributed by atoms with van der Waals surface area (Å²) in [6.07, 6.45) is 10.8. The number of rotatable bonds is 10. The van der Waals surface area contributed by atoms with Crippen LogP contribution in [0.1, 0.15) is 92.1 Å². The molecule has 0 radical (unpaired) electrons. The van der Waals surface area contributed by atoms with Crippen molar-refractivity contribution in [3.63, 3.8) is 0 Å². The van der Waals surface area contributed by atoms with Crippen molar-refractivity contribution in [1.29, 1.82) is 0 Å². The van der Waals surface area contributed by atoms with Crippen molar-refractivity contribution < 1.29 is 14.7 Å². The first-order valence-electron chi connectivity index (χ1n) is 14.6. The molecular weight excluding hydrogens is 512 g/mol. The van der Waals surface area contributed by atoms with Gasteiger partial charge in [0.2, 0.25) is 5.91 Å². The molecule has 7 nitrogen and oxygen atoms in total. The molecule has 3 N–H and O–H groups in total. The standard InChI is InChI=1S/C31H42N4O3.ClH/c36-29(37)20-28(25-10-3-9-24(19-25)22-7-1-2-8-22)34-31(38)26-12-5-17-35(21-26)18-6-13-27-15-14-23-11-4-16-32-30(23)33-27;/h3,9-10,14-15,19,22,26,28H,1-2,4-8,11-13,16-18,20-21H2,(H,32,33)(H,34,38)(H,36,37);1H. The number of nitrogens with one attached hydrogen (secondary N) is 2. The highest BCUT2D eigenvalue weighted by molar-refractivity contribution is 5.85. The topological polar surface area (TPSA) is 94.6 Å². The first-order valence-corrected chi connectivity index (χ1v) is 14.6. The number of carboxylic acid groups (broad SMARTS) is 1. The van der Waals surface area contributed by atoms with E-state index in [2.05, 4.69) is 39.8 Å². The maximum absolute atomic E-state index is 13.3. The molecular formula is C31H43ClN4O3. The summed E-state index contributed by atoms with van der Waals surface area (Å²) in [6, 6.07) is 12.1. The van der Waals surface area contributed by atoms with Crippen molar-refractivity contribution >= 4 is 30.1 Å². The number of carbonyl (C=O) groups is 2. The van der Waals surface area contributed by atoms with E-state index in [0.29, 0.717) is 5.92 Å². The number of likely N-dealkylation sites (tertiary alicyclic amines) is 1. The Hall–Kier alpha value is -2.64. The van der Waals surface area contributed by atoms with Crippen LogP contribution in [0.3, 0.4) is 0 Å². The summed E-state index contributed by atoms with van der Waals surface area (Å²) in [5.74, 6) is 0.584. The Morgan fingerprint density at radius 1 is 1.10 bits per heavy atom. The average Bonchev–Trinajstić information content (AvgIpc) is 3.48. The van der Waals surface area contributed by atoms with Gasteiger partial charge in [-0.2, -0.15) is 0 Å². The molecule has 3 heterocycles. The van der Waals surface area contributed by atoms with E-state index in [0.717, 1.165) is 75.4 Å². The molecule has 1 saturated carbocycles. The molecule has 0 bridgehead atoms. The van der Waals surface area contributed by atoms with Crippen molar-refractivity contribution in [2.24, 2.45) is 5.92 Å². The van der Waals surface area contributed by atoms with Crippen LogP contribution >= 0.6 is 12.4 Å². The van der Waals surface area contributed by atoms with E-state index in [1.165, 1.54) is 43.2 Å². The second-order valence-electron chi connectivity index (χ2n) is 11.4. The third-order valence-electron chi connectivity index (χ3n) is 8.57. The molecule has 2 aromatic rings. The largest absolute Gasteiger partial charge is 0.481 e. The molecule has 1 aromatic heterocycles. The fourth-order valence-corrected chi connectivity index (χ4v) is 6.47. The predicted molar refractivity (Wildman–Crippen MR) is 157 cm³/mol. The SMILES string of the molecule is Cl.O=C(O)CC(NC(=O)C1CCCN(CCCc2ccc3c(n2)NCCC3)C1)c1cccc(C2CCCC2)c1. The lowest BCUT2D eigenvalue weighted by Gasteiger charge is -2.33. The van der Waals surface area contributed by atoms with Crippen molar-refractivity contribution in [3.8, 4) is 0 Å². The van der Waals surface area contributed by atoms with Gasteiger partial charge < -0.3 is 20.6 Å². The molecule has 0 spiro atoms. The van der Waals surface area contributed by atoms with E-state index >= 15 is 0 Å². The summed E-state index contributed by atoms with van der Waals surface area (Å²) in [5.41, 5.74) is 4.62. The van der Waals surface area contributed by atoms with E-state index in [-0.39, 0.29) is 30.7 Å². The quantitative estimate of drug-likeness (QED) is 0.359. The molecule has 2 unspecified atom stereocenters. The number of hydrogen-bond donors (Lipinski definition) is 3. The van der Waals surface area contributed by atoms with Gasteiger partial charge in [0.1, 0.15) is 5.82 Å². The lowest BCUT2D eigenvalue weighted by atomic mass is 9.92. The third kappa shape index (κ3) is 7.95. The van der Waals surface area contributed by atoms with Crippen LogP contribution in [0.4, 0.5) is 5.82 Å². The zero-order valence-electron chi connectivity index (χ0n) is 22.9. The number of aryl methyl sites for hydroxylation is 2. The van der Waals surface area contributed by atoms with Crippen molar-refractivity contribution in [1.82, 2.24) is 15.2 Å². The van der Waals surface area contributed by atoms with Crippen LogP contribution in [-0.4, -0.2) is 53.0 Å². The van der Waals surface area contributed by atoms with Crippen LogP contribution < -0.4 is 10.6 Å². The van der Waals surface area contributed by atoms with E-state index in [4.69, 9.17) is 4.98 Å². The smallest absolute Gasteiger partial charge is 0.305 e. The summed E-state index contributed by atoms with van der Waals surface area (Å²) in [5, 5.41) is 16.1. The zero-order valence-corrected chi connectivity index (χ0v) is 23.7. The number of benzene rings is 1. The Morgan fingerprint density at radius 2 is 1.95 bits per heavy atom. The third-order valence-corrected chi connectivity index (χ3v) is 8.57. The minimum absolute atomic E-state index is 0.